The van der Waals surface area contributed by atoms with Crippen molar-refractivity contribution in [3.63, 3.8) is 0 Å². The van der Waals surface area contributed by atoms with Crippen LogP contribution >= 0.6 is 15.9 Å². The molecule has 0 aliphatic heterocycles. The fraction of sp³-hybridized carbons (Fsp3) is 0.200. The van der Waals surface area contributed by atoms with Crippen LogP contribution in [0.5, 0.6) is 5.75 Å². The highest BCUT2D eigenvalue weighted by atomic mass is 79.9. The van der Waals surface area contributed by atoms with Gasteiger partial charge in [0.2, 0.25) is 5.76 Å². The Morgan fingerprint density at radius 2 is 2.08 bits per heavy atom. The number of hydrogen-bond donors (Lipinski definition) is 0. The number of hydrogen-bond acceptors (Lipinski definition) is 5. The van der Waals surface area contributed by atoms with Crippen LogP contribution in [0.25, 0.3) is 5.69 Å². The molecule has 0 aliphatic carbocycles. The number of nitrogens with zero attached hydrogens (tertiary/aromatic N) is 2. The number of methoxy groups -OCH3 is 2. The summed E-state index contributed by atoms with van der Waals surface area (Å²) in [7, 11) is 2.56. The molecule has 1 aromatic heterocycles. The summed E-state index contributed by atoms with van der Waals surface area (Å²) in [6, 6.07) is 6.03. The van der Waals surface area contributed by atoms with E-state index in [-0.39, 0.29) is 17.2 Å². The number of aromatic nitrogens is 2. The highest BCUT2D eigenvalue weighted by Gasteiger charge is 2.16. The molecule has 0 saturated heterocycles. The first-order chi connectivity index (χ1) is 11.5. The first kappa shape index (κ1) is 17.9. The molecule has 0 N–H and O–H groups in total. The van der Waals surface area contributed by atoms with E-state index in [4.69, 9.17) is 9.47 Å². The Balaban J connectivity index is 2.34. The summed E-state index contributed by atoms with van der Waals surface area (Å²) in [5, 5.41) is 3.78. The van der Waals surface area contributed by atoms with Crippen molar-refractivity contribution in [1.29, 1.82) is 0 Å². The molecule has 0 amide bonds. The number of esters is 1. The Morgan fingerprint density at radius 3 is 2.67 bits per heavy atom. The van der Waals surface area contributed by atoms with Gasteiger partial charge in [0.1, 0.15) is 17.7 Å². The minimum atomic E-state index is -2.66. The first-order valence-electron chi connectivity index (χ1n) is 6.59. The average molecular weight is 403 g/mol. The van der Waals surface area contributed by atoms with E-state index in [1.807, 2.05) is 0 Å². The lowest BCUT2D eigenvalue weighted by Crippen LogP contribution is -2.11. The summed E-state index contributed by atoms with van der Waals surface area (Å²) in [5.74, 6) is -0.643. The van der Waals surface area contributed by atoms with Crippen LogP contribution in [0.15, 0.2) is 47.0 Å². The minimum absolute atomic E-state index is 0.174. The van der Waals surface area contributed by atoms with E-state index < -0.39 is 12.4 Å². The molecule has 9 heteroatoms. The van der Waals surface area contributed by atoms with Crippen LogP contribution in [-0.4, -0.2) is 30.0 Å². The van der Waals surface area contributed by atoms with Crippen molar-refractivity contribution in [3.05, 3.63) is 52.7 Å². The van der Waals surface area contributed by atoms with Crippen molar-refractivity contribution in [1.82, 2.24) is 9.78 Å². The lowest BCUT2D eigenvalue weighted by atomic mass is 10.3. The van der Waals surface area contributed by atoms with Crippen molar-refractivity contribution in [2.45, 2.75) is 6.43 Å². The fourth-order valence-electron chi connectivity index (χ4n) is 1.75. The van der Waals surface area contributed by atoms with Gasteiger partial charge in [-0.05, 0) is 34.1 Å². The van der Waals surface area contributed by atoms with E-state index in [1.165, 1.54) is 37.2 Å². The molecule has 0 saturated carbocycles. The quantitative estimate of drug-likeness (QED) is 0.419. The molecule has 0 radical (unpaired) electrons. The average Bonchev–Trinajstić information content (AvgIpc) is 3.06. The van der Waals surface area contributed by atoms with Gasteiger partial charge in [0.05, 0.1) is 24.4 Å². The maximum Gasteiger partial charge on any atom is 0.377 e. The lowest BCUT2D eigenvalue weighted by molar-refractivity contribution is -0.138. The van der Waals surface area contributed by atoms with Crippen LogP contribution < -0.4 is 4.74 Å². The molecule has 0 spiro atoms. The number of benzene rings is 1. The monoisotopic (exact) mass is 402 g/mol. The Kier molecular flexibility index (Phi) is 5.91. The van der Waals surface area contributed by atoms with Crippen LogP contribution in [0.2, 0.25) is 0 Å². The Hall–Kier alpha value is -2.42. The highest BCUT2D eigenvalue weighted by Crippen LogP contribution is 2.29. The molecule has 0 aliphatic rings. The molecule has 0 unspecified atom stereocenters. The van der Waals surface area contributed by atoms with Crippen LogP contribution in [0.4, 0.5) is 8.78 Å². The summed E-state index contributed by atoms with van der Waals surface area (Å²) < 4.78 is 42.0. The molecule has 0 fully saturated rings. The second kappa shape index (κ2) is 7.91. The number of rotatable bonds is 6. The molecule has 2 aromatic rings. The summed E-state index contributed by atoms with van der Waals surface area (Å²) in [5.41, 5.74) is 0.136. The molecule has 0 atom stereocenters. The molecule has 2 rings (SSSR count). The minimum Gasteiger partial charge on any atom is -0.500 e. The number of halogens is 3. The predicted octanol–water partition coefficient (Wildman–Crippen LogP) is 3.61. The predicted molar refractivity (Wildman–Crippen MR) is 84.0 cm³/mol. The van der Waals surface area contributed by atoms with E-state index in [0.717, 1.165) is 6.26 Å². The van der Waals surface area contributed by atoms with Crippen molar-refractivity contribution >= 4 is 21.9 Å². The largest absolute Gasteiger partial charge is 0.500 e. The molecular formula is C15H13BrF2N2O4. The van der Waals surface area contributed by atoms with Crippen LogP contribution in [0.1, 0.15) is 12.1 Å². The second-order valence-electron chi connectivity index (χ2n) is 4.41. The SMILES string of the molecule is CO/C=C(\Oc1cc(-n2ccc(C(F)F)n2)ccc1Br)C(=O)OC. The van der Waals surface area contributed by atoms with Gasteiger partial charge < -0.3 is 14.2 Å². The summed E-state index contributed by atoms with van der Waals surface area (Å²) in [6.07, 6.45) is -0.165. The smallest absolute Gasteiger partial charge is 0.377 e. The van der Waals surface area contributed by atoms with Crippen LogP contribution in [0.3, 0.4) is 0 Å². The lowest BCUT2D eigenvalue weighted by Gasteiger charge is -2.11. The molecular weight excluding hydrogens is 390 g/mol. The zero-order chi connectivity index (χ0) is 17.7. The number of ether oxygens (including phenoxy) is 3. The van der Waals surface area contributed by atoms with E-state index in [1.54, 1.807) is 12.1 Å². The maximum atomic E-state index is 12.6. The van der Waals surface area contributed by atoms with Crippen molar-refractivity contribution in [2.24, 2.45) is 0 Å². The normalized spacial score (nSPS) is 11.5. The van der Waals surface area contributed by atoms with Crippen molar-refractivity contribution < 1.29 is 27.8 Å². The molecule has 0 bridgehead atoms. The zero-order valence-electron chi connectivity index (χ0n) is 12.7. The van der Waals surface area contributed by atoms with Gasteiger partial charge in [0.25, 0.3) is 6.43 Å². The van der Waals surface area contributed by atoms with Gasteiger partial charge in [-0.3, -0.25) is 0 Å². The van der Waals surface area contributed by atoms with Gasteiger partial charge in [0, 0.05) is 12.3 Å². The number of alkyl halides is 2. The molecule has 24 heavy (non-hydrogen) atoms. The third-order valence-electron chi connectivity index (χ3n) is 2.84. The molecule has 6 nitrogen and oxygen atoms in total. The van der Waals surface area contributed by atoms with Gasteiger partial charge in [-0.1, -0.05) is 0 Å². The molecule has 1 heterocycles. The van der Waals surface area contributed by atoms with Gasteiger partial charge in [-0.25, -0.2) is 18.3 Å². The van der Waals surface area contributed by atoms with Gasteiger partial charge in [0.15, 0.2) is 0 Å². The number of carbonyl (C=O) groups excluding carboxylic acids is 1. The van der Waals surface area contributed by atoms with Gasteiger partial charge >= 0.3 is 5.97 Å². The van der Waals surface area contributed by atoms with Crippen LogP contribution in [0, 0.1) is 0 Å². The molecule has 128 valence electrons. The van der Waals surface area contributed by atoms with Crippen LogP contribution in [-0.2, 0) is 14.3 Å². The topological polar surface area (TPSA) is 62.6 Å². The molecule has 1 aromatic carbocycles. The number of carbonyl (C=O) groups is 1. The van der Waals surface area contributed by atoms with E-state index >= 15 is 0 Å². The summed E-state index contributed by atoms with van der Waals surface area (Å²) in [6.45, 7) is 0. The highest BCUT2D eigenvalue weighted by molar-refractivity contribution is 9.10. The third-order valence-corrected chi connectivity index (χ3v) is 3.50. The van der Waals surface area contributed by atoms with Gasteiger partial charge in [-0.15, -0.1) is 0 Å². The van der Waals surface area contributed by atoms with Crippen molar-refractivity contribution in [3.8, 4) is 11.4 Å². The van der Waals surface area contributed by atoms with E-state index in [2.05, 4.69) is 25.8 Å². The van der Waals surface area contributed by atoms with Crippen molar-refractivity contribution in [2.75, 3.05) is 14.2 Å². The zero-order valence-corrected chi connectivity index (χ0v) is 14.3. The maximum absolute atomic E-state index is 12.6. The Morgan fingerprint density at radius 1 is 1.33 bits per heavy atom. The summed E-state index contributed by atoms with van der Waals surface area (Å²) in [4.78, 5) is 11.6. The Labute approximate surface area is 144 Å². The van der Waals surface area contributed by atoms with E-state index in [0.29, 0.717) is 10.2 Å². The fourth-order valence-corrected chi connectivity index (χ4v) is 2.08. The first-order valence-corrected chi connectivity index (χ1v) is 7.38. The standard InChI is InChI=1S/C15H13BrF2N2O4/c1-22-8-13(15(21)23-2)24-12-7-9(3-4-10(12)16)20-6-5-11(19-20)14(17)18/h3-8,14H,1-2H3/b13-8-. The Bertz CT molecular complexity index is 762. The second-order valence-corrected chi connectivity index (χ2v) is 5.27. The summed E-state index contributed by atoms with van der Waals surface area (Å²) >= 11 is 3.29. The van der Waals surface area contributed by atoms with Gasteiger partial charge in [-0.2, -0.15) is 5.10 Å². The third kappa shape index (κ3) is 4.10. The van der Waals surface area contributed by atoms with E-state index in [9.17, 15) is 13.6 Å².